The second-order valence-electron chi connectivity index (χ2n) is 9.37. The highest BCUT2D eigenvalue weighted by molar-refractivity contribution is 6.06. The molecule has 1 saturated heterocycles. The number of urea groups is 1. The fraction of sp³-hybridized carbons (Fsp3) is 0.333. The first kappa shape index (κ1) is 23.2. The lowest BCUT2D eigenvalue weighted by Gasteiger charge is -2.24. The number of hydrogen-bond donors (Lipinski definition) is 3. The largest absolute Gasteiger partial charge is 0.351 e. The Morgan fingerprint density at radius 2 is 1.88 bits per heavy atom. The monoisotopic (exact) mass is 466 g/mol. The lowest BCUT2D eigenvalue weighted by atomic mass is 9.91. The van der Waals surface area contributed by atoms with Gasteiger partial charge < -0.3 is 21.3 Å². The van der Waals surface area contributed by atoms with Crippen molar-refractivity contribution < 1.29 is 18.8 Å². The van der Waals surface area contributed by atoms with Gasteiger partial charge in [-0.05, 0) is 18.2 Å². The van der Waals surface area contributed by atoms with Gasteiger partial charge in [0.05, 0.1) is 17.7 Å². The number of amides is 4. The van der Waals surface area contributed by atoms with E-state index in [4.69, 9.17) is 5.73 Å². The first-order valence-corrected chi connectivity index (χ1v) is 10.9. The van der Waals surface area contributed by atoms with Crippen molar-refractivity contribution in [3.05, 3.63) is 54.5 Å². The van der Waals surface area contributed by atoms with E-state index in [1.54, 1.807) is 42.6 Å². The normalized spacial score (nSPS) is 18.2. The molecule has 10 heteroatoms. The molecule has 3 aromatic rings. The number of halogens is 1. The minimum absolute atomic E-state index is 0.112. The molecule has 2 atom stereocenters. The van der Waals surface area contributed by atoms with Crippen molar-refractivity contribution in [1.29, 1.82) is 0 Å². The topological polar surface area (TPSA) is 122 Å². The second-order valence-corrected chi connectivity index (χ2v) is 9.37. The first-order chi connectivity index (χ1) is 16.0. The molecule has 0 spiro atoms. The number of rotatable bonds is 3. The summed E-state index contributed by atoms with van der Waals surface area (Å²) in [6, 6.07) is 8.00. The molecule has 4 N–H and O–H groups in total. The zero-order chi connectivity index (χ0) is 24.6. The quantitative estimate of drug-likeness (QED) is 0.543. The maximum Gasteiger partial charge on any atom is 0.323 e. The Balaban J connectivity index is 1.54. The standard InChI is InChI=1S/C24H27FN6O3/c1-24(2,3)20-11-15(8-9-27-20)28-21(32)19-10-14(25)12-31(19)23(34)29-17-13-30(22(26)33)18-7-5-4-6-16(17)18/h4-9,11,13-14,19H,10,12H2,1-3H3,(H2,26,33)(H,29,34)(H,27,28,32)/t14-,19+/m1/s1. The Bertz CT molecular complexity index is 1270. The van der Waals surface area contributed by atoms with Gasteiger partial charge in [-0.25, -0.2) is 14.0 Å². The summed E-state index contributed by atoms with van der Waals surface area (Å²) < 4.78 is 15.5. The highest BCUT2D eigenvalue weighted by Crippen LogP contribution is 2.28. The third-order valence-corrected chi connectivity index (χ3v) is 5.80. The molecular formula is C24H27FN6O3. The number of pyridine rings is 1. The van der Waals surface area contributed by atoms with E-state index in [-0.39, 0.29) is 18.4 Å². The third kappa shape index (κ3) is 4.57. The summed E-state index contributed by atoms with van der Waals surface area (Å²) in [5.41, 5.74) is 7.40. The van der Waals surface area contributed by atoms with E-state index in [9.17, 15) is 18.8 Å². The van der Waals surface area contributed by atoms with Crippen LogP contribution in [0.15, 0.2) is 48.8 Å². The lowest BCUT2D eigenvalue weighted by molar-refractivity contribution is -0.119. The Hall–Kier alpha value is -3.95. The molecular weight excluding hydrogens is 439 g/mol. The smallest absolute Gasteiger partial charge is 0.323 e. The summed E-state index contributed by atoms with van der Waals surface area (Å²) in [7, 11) is 0. The molecule has 34 heavy (non-hydrogen) atoms. The molecule has 0 radical (unpaired) electrons. The zero-order valence-corrected chi connectivity index (χ0v) is 19.2. The summed E-state index contributed by atoms with van der Waals surface area (Å²) in [5.74, 6) is -0.485. The van der Waals surface area contributed by atoms with Gasteiger partial charge in [-0.3, -0.25) is 14.3 Å². The van der Waals surface area contributed by atoms with Gasteiger partial charge in [0.1, 0.15) is 12.2 Å². The molecule has 0 saturated carbocycles. The molecule has 2 aromatic heterocycles. The molecule has 4 amide bonds. The maximum atomic E-state index is 14.3. The number of likely N-dealkylation sites (tertiary alicyclic amines) is 1. The predicted octanol–water partition coefficient (Wildman–Crippen LogP) is 3.84. The summed E-state index contributed by atoms with van der Waals surface area (Å²) in [5, 5.41) is 6.08. The number of primary amides is 1. The summed E-state index contributed by atoms with van der Waals surface area (Å²) >= 11 is 0. The Kier molecular flexibility index (Phi) is 5.99. The van der Waals surface area contributed by atoms with E-state index >= 15 is 0 Å². The number of alkyl halides is 1. The summed E-state index contributed by atoms with van der Waals surface area (Å²) in [6.45, 7) is 5.80. The molecule has 1 aliphatic rings. The average Bonchev–Trinajstić information content (AvgIpc) is 3.35. The average molecular weight is 467 g/mol. The van der Waals surface area contributed by atoms with Gasteiger partial charge in [0.15, 0.2) is 0 Å². The molecule has 1 aromatic carbocycles. The van der Waals surface area contributed by atoms with Crippen LogP contribution in [-0.4, -0.2) is 51.2 Å². The summed E-state index contributed by atoms with van der Waals surface area (Å²) in [6.07, 6.45) is 1.56. The van der Waals surface area contributed by atoms with Crippen molar-refractivity contribution in [2.75, 3.05) is 17.2 Å². The van der Waals surface area contributed by atoms with Crippen LogP contribution in [0.25, 0.3) is 10.9 Å². The van der Waals surface area contributed by atoms with E-state index in [2.05, 4.69) is 15.6 Å². The molecule has 0 aliphatic carbocycles. The number of carbonyl (C=O) groups is 3. The molecule has 9 nitrogen and oxygen atoms in total. The van der Waals surface area contributed by atoms with Crippen molar-refractivity contribution in [1.82, 2.24) is 14.5 Å². The Morgan fingerprint density at radius 3 is 2.59 bits per heavy atom. The first-order valence-electron chi connectivity index (χ1n) is 10.9. The van der Waals surface area contributed by atoms with E-state index in [1.807, 2.05) is 20.8 Å². The number of nitrogens with zero attached hydrogens (tertiary/aromatic N) is 3. The van der Waals surface area contributed by atoms with Crippen molar-refractivity contribution in [2.45, 2.75) is 44.8 Å². The van der Waals surface area contributed by atoms with Crippen molar-refractivity contribution >= 4 is 40.2 Å². The fourth-order valence-electron chi connectivity index (χ4n) is 4.05. The molecule has 1 aliphatic heterocycles. The van der Waals surface area contributed by atoms with Crippen molar-refractivity contribution in [3.63, 3.8) is 0 Å². The van der Waals surface area contributed by atoms with Crippen LogP contribution in [0.5, 0.6) is 0 Å². The van der Waals surface area contributed by atoms with Crippen LogP contribution < -0.4 is 16.4 Å². The number of hydrogen-bond acceptors (Lipinski definition) is 4. The van der Waals surface area contributed by atoms with Crippen LogP contribution in [0.4, 0.5) is 25.4 Å². The van der Waals surface area contributed by atoms with E-state index in [1.165, 1.54) is 15.7 Å². The van der Waals surface area contributed by atoms with Gasteiger partial charge >= 0.3 is 12.1 Å². The molecule has 1 fully saturated rings. The van der Waals surface area contributed by atoms with E-state index < -0.39 is 30.2 Å². The van der Waals surface area contributed by atoms with E-state index in [0.29, 0.717) is 22.3 Å². The molecule has 0 unspecified atom stereocenters. The minimum atomic E-state index is -1.34. The number of nitrogens with one attached hydrogen (secondary N) is 2. The number of fused-ring (bicyclic) bond motifs is 1. The Morgan fingerprint density at radius 1 is 1.15 bits per heavy atom. The van der Waals surface area contributed by atoms with Gasteiger partial charge in [0, 0.05) is 41.0 Å². The number of anilines is 2. The minimum Gasteiger partial charge on any atom is -0.351 e. The van der Waals surface area contributed by atoms with Crippen LogP contribution in [0.1, 0.15) is 32.9 Å². The Labute approximate surface area is 196 Å². The predicted molar refractivity (Wildman–Crippen MR) is 128 cm³/mol. The zero-order valence-electron chi connectivity index (χ0n) is 19.2. The van der Waals surface area contributed by atoms with Crippen LogP contribution in [-0.2, 0) is 10.2 Å². The molecule has 0 bridgehead atoms. The van der Waals surface area contributed by atoms with Crippen LogP contribution in [0.3, 0.4) is 0 Å². The third-order valence-electron chi connectivity index (χ3n) is 5.80. The highest BCUT2D eigenvalue weighted by atomic mass is 19.1. The number of nitrogens with two attached hydrogens (primary N) is 1. The molecule has 4 rings (SSSR count). The highest BCUT2D eigenvalue weighted by Gasteiger charge is 2.40. The van der Waals surface area contributed by atoms with E-state index in [0.717, 1.165) is 5.69 Å². The number of aromatic nitrogens is 2. The van der Waals surface area contributed by atoms with Gasteiger partial charge in [0.2, 0.25) is 5.91 Å². The second kappa shape index (κ2) is 8.77. The molecule has 3 heterocycles. The maximum absolute atomic E-state index is 14.3. The lowest BCUT2D eigenvalue weighted by Crippen LogP contribution is -2.45. The van der Waals surface area contributed by atoms with Gasteiger partial charge in [-0.2, -0.15) is 0 Å². The van der Waals surface area contributed by atoms with Crippen molar-refractivity contribution in [2.24, 2.45) is 5.73 Å². The van der Waals surface area contributed by atoms with Crippen molar-refractivity contribution in [3.8, 4) is 0 Å². The number of benzene rings is 1. The fourth-order valence-corrected chi connectivity index (χ4v) is 4.05. The van der Waals surface area contributed by atoms with Crippen LogP contribution in [0, 0.1) is 0 Å². The molecule has 178 valence electrons. The summed E-state index contributed by atoms with van der Waals surface area (Å²) in [4.78, 5) is 43.4. The van der Waals surface area contributed by atoms with Gasteiger partial charge in [-0.15, -0.1) is 0 Å². The number of carbonyl (C=O) groups excluding carboxylic acids is 3. The van der Waals surface area contributed by atoms with Gasteiger partial charge in [0.25, 0.3) is 0 Å². The van der Waals surface area contributed by atoms with Gasteiger partial charge in [-0.1, -0.05) is 39.0 Å². The number of para-hydroxylation sites is 1. The van der Waals surface area contributed by atoms with Crippen LogP contribution in [0.2, 0.25) is 0 Å². The van der Waals surface area contributed by atoms with Crippen LogP contribution >= 0.6 is 0 Å². The SMILES string of the molecule is CC(C)(C)c1cc(NC(=O)[C@@H]2C[C@@H](F)CN2C(=O)Nc2cn(C(N)=O)c3ccccc23)ccn1.